The molecule has 10 nitrogen and oxygen atoms in total. The largest absolute Gasteiger partial charge is 0.435 e. The molecule has 14 heteroatoms. The van der Waals surface area contributed by atoms with Crippen LogP contribution in [-0.2, 0) is 28.0 Å². The lowest BCUT2D eigenvalue weighted by atomic mass is 10.1. The van der Waals surface area contributed by atoms with Crippen molar-refractivity contribution in [2.24, 2.45) is 7.05 Å². The summed E-state index contributed by atoms with van der Waals surface area (Å²) in [6.45, 7) is 5.13. The number of aromatic nitrogens is 6. The number of ether oxygens (including phenoxy) is 1. The maximum absolute atomic E-state index is 14.0. The van der Waals surface area contributed by atoms with E-state index in [9.17, 15) is 21.6 Å². The van der Waals surface area contributed by atoms with Crippen molar-refractivity contribution < 1.29 is 26.3 Å². The Labute approximate surface area is 239 Å². The fourth-order valence-corrected chi connectivity index (χ4v) is 6.32. The van der Waals surface area contributed by atoms with Gasteiger partial charge >= 0.3 is 6.18 Å². The van der Waals surface area contributed by atoms with Crippen LogP contribution in [0.2, 0.25) is 0 Å². The highest BCUT2D eigenvalue weighted by molar-refractivity contribution is 7.90. The molecule has 1 atom stereocenters. The first kappa shape index (κ1) is 27.8. The Balaban J connectivity index is 1.55. The van der Waals surface area contributed by atoms with Crippen molar-refractivity contribution in [3.63, 3.8) is 0 Å². The lowest BCUT2D eigenvalue weighted by Gasteiger charge is -2.34. The van der Waals surface area contributed by atoms with Crippen LogP contribution in [0.5, 0.6) is 0 Å². The van der Waals surface area contributed by atoms with Gasteiger partial charge in [0, 0.05) is 49.2 Å². The predicted molar refractivity (Wildman–Crippen MR) is 149 cm³/mol. The van der Waals surface area contributed by atoms with E-state index in [1.54, 1.807) is 24.3 Å². The van der Waals surface area contributed by atoms with Gasteiger partial charge in [-0.2, -0.15) is 18.3 Å². The van der Waals surface area contributed by atoms with Gasteiger partial charge in [0.25, 0.3) is 10.0 Å². The van der Waals surface area contributed by atoms with Crippen LogP contribution in [0, 0.1) is 6.92 Å². The van der Waals surface area contributed by atoms with E-state index < -0.39 is 21.9 Å². The van der Waals surface area contributed by atoms with Crippen LogP contribution in [0.4, 0.5) is 19.0 Å². The molecule has 1 fully saturated rings. The minimum atomic E-state index is -4.71. The number of nitrogens with zero attached hydrogens (tertiary/aromatic N) is 7. The molecule has 0 radical (unpaired) electrons. The first-order valence-corrected chi connectivity index (χ1v) is 14.5. The zero-order valence-corrected chi connectivity index (χ0v) is 23.7. The summed E-state index contributed by atoms with van der Waals surface area (Å²) >= 11 is 0. The van der Waals surface area contributed by atoms with Gasteiger partial charge in [-0.25, -0.2) is 27.3 Å². The Hall–Kier alpha value is -4.30. The second-order valence-corrected chi connectivity index (χ2v) is 12.0. The molecule has 1 aromatic carbocycles. The molecule has 1 saturated heterocycles. The van der Waals surface area contributed by atoms with E-state index in [0.717, 1.165) is 14.2 Å². The molecule has 0 bridgehead atoms. The average molecular weight is 598 g/mol. The standard InChI is InChI=1S/C28H26F3N7O3S/c1-17-4-6-19(7-5-17)42(39,40)38-11-9-21-20(8-10-32-27(21)38)26-33-23(22-15-36(3)35-25(22)28(29,30)31)14-24(34-26)37-12-13-41-16-18(37)2/h4-11,14-15,18H,12-13,16H2,1-3H3/t18-/m1/s1. The minimum Gasteiger partial charge on any atom is -0.377 e. The fraction of sp³-hybridized carbons (Fsp3) is 0.286. The Bertz CT molecular complexity index is 1900. The van der Waals surface area contributed by atoms with Crippen molar-refractivity contribution >= 4 is 26.9 Å². The lowest BCUT2D eigenvalue weighted by molar-refractivity contribution is -0.141. The molecular weight excluding hydrogens is 571 g/mol. The molecule has 4 aromatic heterocycles. The van der Waals surface area contributed by atoms with Crippen LogP contribution in [-0.4, -0.2) is 62.9 Å². The van der Waals surface area contributed by atoms with E-state index in [4.69, 9.17) is 9.72 Å². The van der Waals surface area contributed by atoms with Crippen molar-refractivity contribution in [3.05, 3.63) is 72.3 Å². The van der Waals surface area contributed by atoms with Crippen molar-refractivity contribution in [2.45, 2.75) is 31.0 Å². The van der Waals surface area contributed by atoms with Crippen LogP contribution >= 0.6 is 0 Å². The predicted octanol–water partition coefficient (Wildman–Crippen LogP) is 4.68. The normalized spacial score (nSPS) is 16.3. The lowest BCUT2D eigenvalue weighted by Crippen LogP contribution is -2.44. The minimum absolute atomic E-state index is 0.0331. The molecule has 1 aliphatic rings. The number of benzene rings is 1. The zero-order chi connectivity index (χ0) is 29.8. The smallest absolute Gasteiger partial charge is 0.377 e. The molecule has 0 amide bonds. The molecular formula is C28H26F3N7O3S. The first-order chi connectivity index (χ1) is 19.9. The zero-order valence-electron chi connectivity index (χ0n) is 22.9. The third kappa shape index (κ3) is 4.90. The Kier molecular flexibility index (Phi) is 6.77. The number of morpholine rings is 1. The van der Waals surface area contributed by atoms with Gasteiger partial charge in [0.05, 0.1) is 35.4 Å². The highest BCUT2D eigenvalue weighted by Gasteiger charge is 2.38. The quantitative estimate of drug-likeness (QED) is 0.287. The Morgan fingerprint density at radius 3 is 2.52 bits per heavy atom. The molecule has 0 unspecified atom stereocenters. The van der Waals surface area contributed by atoms with Crippen molar-refractivity contribution in [2.75, 3.05) is 24.7 Å². The van der Waals surface area contributed by atoms with Gasteiger partial charge in [-0.1, -0.05) is 17.7 Å². The molecule has 42 heavy (non-hydrogen) atoms. The summed E-state index contributed by atoms with van der Waals surface area (Å²) < 4.78 is 76.6. The van der Waals surface area contributed by atoms with E-state index in [2.05, 4.69) is 15.1 Å². The van der Waals surface area contributed by atoms with E-state index in [1.807, 2.05) is 18.7 Å². The van der Waals surface area contributed by atoms with E-state index >= 15 is 0 Å². The van der Waals surface area contributed by atoms with Crippen LogP contribution in [0.1, 0.15) is 18.2 Å². The molecule has 0 N–H and O–H groups in total. The molecule has 218 valence electrons. The number of rotatable bonds is 5. The highest BCUT2D eigenvalue weighted by Crippen LogP contribution is 2.38. The Morgan fingerprint density at radius 2 is 1.81 bits per heavy atom. The highest BCUT2D eigenvalue weighted by atomic mass is 32.2. The van der Waals surface area contributed by atoms with Crippen LogP contribution < -0.4 is 4.90 Å². The van der Waals surface area contributed by atoms with E-state index in [-0.39, 0.29) is 33.7 Å². The maximum Gasteiger partial charge on any atom is 0.435 e. The number of alkyl halides is 3. The van der Waals surface area contributed by atoms with Crippen LogP contribution in [0.15, 0.2) is 66.0 Å². The number of halogens is 3. The van der Waals surface area contributed by atoms with E-state index in [0.29, 0.717) is 36.5 Å². The molecule has 0 aliphatic carbocycles. The maximum atomic E-state index is 14.0. The molecule has 1 aliphatic heterocycles. The van der Waals surface area contributed by atoms with Gasteiger partial charge in [0.1, 0.15) is 5.82 Å². The van der Waals surface area contributed by atoms with Gasteiger partial charge in [-0.3, -0.25) is 4.68 Å². The average Bonchev–Trinajstić information content (AvgIpc) is 3.58. The van der Waals surface area contributed by atoms with Gasteiger partial charge < -0.3 is 9.64 Å². The SMILES string of the molecule is Cc1ccc(S(=O)(=O)n2ccc3c(-c4nc(-c5cn(C)nc5C(F)(F)F)cc(N5CCOC[C@H]5C)n4)ccnc32)cc1. The number of hydrogen-bond donors (Lipinski definition) is 0. The number of fused-ring (bicyclic) bond motifs is 1. The number of anilines is 1. The first-order valence-electron chi connectivity index (χ1n) is 13.1. The van der Waals surface area contributed by atoms with Gasteiger partial charge in [-0.15, -0.1) is 0 Å². The molecule has 5 aromatic rings. The number of pyridine rings is 1. The van der Waals surface area contributed by atoms with Crippen molar-refractivity contribution in [1.29, 1.82) is 0 Å². The third-order valence-corrected chi connectivity index (χ3v) is 8.80. The van der Waals surface area contributed by atoms with Crippen LogP contribution in [0.25, 0.3) is 33.7 Å². The third-order valence-electron chi connectivity index (χ3n) is 7.12. The topological polar surface area (TPSA) is 108 Å². The summed E-state index contributed by atoms with van der Waals surface area (Å²) in [5.41, 5.74) is 0.244. The van der Waals surface area contributed by atoms with E-state index in [1.165, 1.54) is 43.8 Å². The summed E-state index contributed by atoms with van der Waals surface area (Å²) in [5, 5.41) is 4.07. The van der Waals surface area contributed by atoms with Crippen molar-refractivity contribution in [3.8, 4) is 22.6 Å². The second-order valence-electron chi connectivity index (χ2n) is 10.1. The second kappa shape index (κ2) is 10.2. The fourth-order valence-electron chi connectivity index (χ4n) is 5.02. The summed E-state index contributed by atoms with van der Waals surface area (Å²) in [4.78, 5) is 15.7. The molecule has 5 heterocycles. The van der Waals surface area contributed by atoms with Gasteiger partial charge in [0.2, 0.25) is 0 Å². The monoisotopic (exact) mass is 597 g/mol. The molecule has 0 saturated carbocycles. The number of hydrogen-bond acceptors (Lipinski definition) is 8. The summed E-state index contributed by atoms with van der Waals surface area (Å²) in [6.07, 6.45) is -0.612. The molecule has 0 spiro atoms. The number of aryl methyl sites for hydroxylation is 2. The van der Waals surface area contributed by atoms with Gasteiger partial charge in [-0.05, 0) is 38.1 Å². The summed E-state index contributed by atoms with van der Waals surface area (Å²) in [5.74, 6) is 0.538. The summed E-state index contributed by atoms with van der Waals surface area (Å²) in [7, 11) is -2.57. The summed E-state index contributed by atoms with van der Waals surface area (Å²) in [6, 6.07) is 11.1. The van der Waals surface area contributed by atoms with Crippen LogP contribution in [0.3, 0.4) is 0 Å². The Morgan fingerprint density at radius 1 is 1.05 bits per heavy atom. The molecule has 6 rings (SSSR count). The van der Waals surface area contributed by atoms with Crippen molar-refractivity contribution in [1.82, 2.24) is 28.7 Å². The van der Waals surface area contributed by atoms with Gasteiger partial charge in [0.15, 0.2) is 17.2 Å².